The second kappa shape index (κ2) is 6.78. The predicted octanol–water partition coefficient (Wildman–Crippen LogP) is 5.06. The van der Waals surface area contributed by atoms with Gasteiger partial charge in [-0.05, 0) is 40.5 Å². The van der Waals surface area contributed by atoms with Crippen molar-refractivity contribution in [2.75, 3.05) is 17.2 Å². The highest BCUT2D eigenvalue weighted by molar-refractivity contribution is 9.10. The van der Waals surface area contributed by atoms with Gasteiger partial charge >= 0.3 is 0 Å². The largest absolute Gasteiger partial charge is 0.384 e. The summed E-state index contributed by atoms with van der Waals surface area (Å²) < 4.78 is 0.851. The van der Waals surface area contributed by atoms with Crippen LogP contribution in [0.1, 0.15) is 13.3 Å². The van der Waals surface area contributed by atoms with Crippen LogP contribution in [0.25, 0.3) is 0 Å². The summed E-state index contributed by atoms with van der Waals surface area (Å²) in [6.07, 6.45) is 4.68. The fourth-order valence-electron chi connectivity index (χ4n) is 1.63. The zero-order chi connectivity index (χ0) is 13.7. The molecular formula is C14H15BrClN3. The van der Waals surface area contributed by atoms with Gasteiger partial charge in [-0.3, -0.25) is 4.98 Å². The van der Waals surface area contributed by atoms with Crippen molar-refractivity contribution in [3.63, 3.8) is 0 Å². The SMILES string of the molecule is CCCNc1cncc(Nc2cccc(Cl)c2Br)c1. The first-order valence-corrected chi connectivity index (χ1v) is 7.27. The van der Waals surface area contributed by atoms with Gasteiger partial charge in [0.2, 0.25) is 0 Å². The van der Waals surface area contributed by atoms with Gasteiger partial charge in [0.15, 0.2) is 0 Å². The minimum Gasteiger partial charge on any atom is -0.384 e. The number of halogens is 2. The third-order valence-corrected chi connectivity index (χ3v) is 3.95. The Morgan fingerprint density at radius 1 is 1.26 bits per heavy atom. The molecule has 0 amide bonds. The number of rotatable bonds is 5. The number of hydrogen-bond donors (Lipinski definition) is 2. The monoisotopic (exact) mass is 339 g/mol. The van der Waals surface area contributed by atoms with Crippen LogP contribution in [-0.2, 0) is 0 Å². The maximum Gasteiger partial charge on any atom is 0.0596 e. The fraction of sp³-hybridized carbons (Fsp3) is 0.214. The van der Waals surface area contributed by atoms with Crippen molar-refractivity contribution in [3.8, 4) is 0 Å². The normalized spacial score (nSPS) is 10.3. The zero-order valence-corrected chi connectivity index (χ0v) is 12.9. The molecule has 0 fully saturated rings. The molecular weight excluding hydrogens is 326 g/mol. The van der Waals surface area contributed by atoms with E-state index in [9.17, 15) is 0 Å². The summed E-state index contributed by atoms with van der Waals surface area (Å²) in [5, 5.41) is 7.28. The molecule has 0 aliphatic heterocycles. The van der Waals surface area contributed by atoms with Crippen molar-refractivity contribution in [3.05, 3.63) is 46.2 Å². The summed E-state index contributed by atoms with van der Waals surface area (Å²) in [5.74, 6) is 0. The summed E-state index contributed by atoms with van der Waals surface area (Å²) in [6.45, 7) is 3.07. The molecule has 1 aromatic carbocycles. The van der Waals surface area contributed by atoms with Crippen molar-refractivity contribution in [2.45, 2.75) is 13.3 Å². The van der Waals surface area contributed by atoms with Crippen LogP contribution in [-0.4, -0.2) is 11.5 Å². The molecule has 0 atom stereocenters. The summed E-state index contributed by atoms with van der Waals surface area (Å²) in [7, 11) is 0. The van der Waals surface area contributed by atoms with Crippen LogP contribution in [0.5, 0.6) is 0 Å². The van der Waals surface area contributed by atoms with Gasteiger partial charge in [-0.1, -0.05) is 24.6 Å². The lowest BCUT2D eigenvalue weighted by atomic mass is 10.3. The van der Waals surface area contributed by atoms with Crippen molar-refractivity contribution in [1.29, 1.82) is 0 Å². The van der Waals surface area contributed by atoms with Gasteiger partial charge in [0, 0.05) is 6.54 Å². The Bertz CT molecular complexity index is 560. The molecule has 0 radical (unpaired) electrons. The fourth-order valence-corrected chi connectivity index (χ4v) is 2.17. The van der Waals surface area contributed by atoms with E-state index >= 15 is 0 Å². The maximum absolute atomic E-state index is 6.07. The van der Waals surface area contributed by atoms with E-state index in [0.29, 0.717) is 5.02 Å². The molecule has 0 spiro atoms. The van der Waals surface area contributed by atoms with Crippen LogP contribution < -0.4 is 10.6 Å². The summed E-state index contributed by atoms with van der Waals surface area (Å²) >= 11 is 9.53. The van der Waals surface area contributed by atoms with Crippen molar-refractivity contribution >= 4 is 44.6 Å². The van der Waals surface area contributed by atoms with E-state index in [1.165, 1.54) is 0 Å². The number of nitrogens with one attached hydrogen (secondary N) is 2. The number of anilines is 3. The first kappa shape index (κ1) is 14.2. The van der Waals surface area contributed by atoms with E-state index in [-0.39, 0.29) is 0 Å². The lowest BCUT2D eigenvalue weighted by Crippen LogP contribution is -2.01. The molecule has 1 heterocycles. The first-order chi connectivity index (χ1) is 9.20. The predicted molar refractivity (Wildman–Crippen MR) is 85.5 cm³/mol. The third-order valence-electron chi connectivity index (χ3n) is 2.55. The number of hydrogen-bond acceptors (Lipinski definition) is 3. The molecule has 19 heavy (non-hydrogen) atoms. The Hall–Kier alpha value is -1.26. The Morgan fingerprint density at radius 2 is 2.05 bits per heavy atom. The molecule has 0 saturated carbocycles. The lowest BCUT2D eigenvalue weighted by molar-refractivity contribution is 0.978. The maximum atomic E-state index is 6.07. The van der Waals surface area contributed by atoms with Crippen molar-refractivity contribution in [1.82, 2.24) is 4.98 Å². The van der Waals surface area contributed by atoms with Crippen LogP contribution in [0.4, 0.5) is 17.1 Å². The Kier molecular flexibility index (Phi) is 5.05. The van der Waals surface area contributed by atoms with Crippen LogP contribution in [0.3, 0.4) is 0 Å². The number of benzene rings is 1. The first-order valence-electron chi connectivity index (χ1n) is 6.10. The molecule has 0 aliphatic carbocycles. The van der Waals surface area contributed by atoms with Crippen LogP contribution >= 0.6 is 27.5 Å². The number of nitrogens with zero attached hydrogens (tertiary/aromatic N) is 1. The van der Waals surface area contributed by atoms with Gasteiger partial charge < -0.3 is 10.6 Å². The molecule has 0 saturated heterocycles. The molecule has 0 aliphatic rings. The number of pyridine rings is 1. The molecule has 2 aromatic rings. The van der Waals surface area contributed by atoms with E-state index < -0.39 is 0 Å². The van der Waals surface area contributed by atoms with E-state index in [1.807, 2.05) is 30.5 Å². The van der Waals surface area contributed by atoms with E-state index in [1.54, 1.807) is 6.20 Å². The average molecular weight is 341 g/mol. The Labute approximate surface area is 126 Å². The smallest absolute Gasteiger partial charge is 0.0596 e. The van der Waals surface area contributed by atoms with Gasteiger partial charge in [0.25, 0.3) is 0 Å². The molecule has 2 rings (SSSR count). The molecule has 2 N–H and O–H groups in total. The molecule has 1 aromatic heterocycles. The third kappa shape index (κ3) is 3.85. The second-order valence-corrected chi connectivity index (χ2v) is 5.32. The molecule has 100 valence electrons. The zero-order valence-electron chi connectivity index (χ0n) is 10.6. The van der Waals surface area contributed by atoms with E-state index in [0.717, 1.165) is 34.5 Å². The van der Waals surface area contributed by atoms with Crippen LogP contribution in [0.15, 0.2) is 41.1 Å². The van der Waals surface area contributed by atoms with Gasteiger partial charge in [-0.25, -0.2) is 0 Å². The average Bonchev–Trinajstić information content (AvgIpc) is 2.42. The van der Waals surface area contributed by atoms with Crippen molar-refractivity contribution < 1.29 is 0 Å². The van der Waals surface area contributed by atoms with E-state index in [4.69, 9.17) is 11.6 Å². The van der Waals surface area contributed by atoms with Crippen LogP contribution in [0.2, 0.25) is 5.02 Å². The quantitative estimate of drug-likeness (QED) is 0.798. The standard InChI is InChI=1S/C14H15BrClN3/c1-2-6-18-10-7-11(9-17-8-10)19-13-5-3-4-12(16)14(13)15/h3-5,7-9,18-19H,2,6H2,1H3. The summed E-state index contributed by atoms with van der Waals surface area (Å²) in [4.78, 5) is 4.21. The lowest BCUT2D eigenvalue weighted by Gasteiger charge is -2.11. The molecule has 5 heteroatoms. The van der Waals surface area contributed by atoms with E-state index in [2.05, 4.69) is 38.5 Å². The van der Waals surface area contributed by atoms with Gasteiger partial charge in [0.1, 0.15) is 0 Å². The Morgan fingerprint density at radius 3 is 2.84 bits per heavy atom. The summed E-state index contributed by atoms with van der Waals surface area (Å²) in [6, 6.07) is 7.73. The topological polar surface area (TPSA) is 37.0 Å². The minimum atomic E-state index is 0.679. The van der Waals surface area contributed by atoms with Gasteiger partial charge in [0.05, 0.1) is 39.0 Å². The minimum absolute atomic E-state index is 0.679. The highest BCUT2D eigenvalue weighted by Crippen LogP contribution is 2.32. The van der Waals surface area contributed by atoms with Gasteiger partial charge in [-0.2, -0.15) is 0 Å². The number of aromatic nitrogens is 1. The highest BCUT2D eigenvalue weighted by atomic mass is 79.9. The Balaban J connectivity index is 2.16. The van der Waals surface area contributed by atoms with Gasteiger partial charge in [-0.15, -0.1) is 0 Å². The van der Waals surface area contributed by atoms with Crippen molar-refractivity contribution in [2.24, 2.45) is 0 Å². The molecule has 0 unspecified atom stereocenters. The second-order valence-electron chi connectivity index (χ2n) is 4.12. The molecule has 0 bridgehead atoms. The van der Waals surface area contributed by atoms with Crippen LogP contribution in [0, 0.1) is 0 Å². The highest BCUT2D eigenvalue weighted by Gasteiger charge is 2.04. The summed E-state index contributed by atoms with van der Waals surface area (Å²) in [5.41, 5.74) is 2.84. The molecule has 3 nitrogen and oxygen atoms in total.